The van der Waals surface area contributed by atoms with Gasteiger partial charge in [-0.15, -0.1) is 0 Å². The minimum atomic E-state index is -4.45. The number of carbonyl (C=O) groups excluding carboxylic acids is 3. The number of amides is 5. The third-order valence-corrected chi connectivity index (χ3v) is 6.78. The summed E-state index contributed by atoms with van der Waals surface area (Å²) < 4.78 is 38.7. The van der Waals surface area contributed by atoms with E-state index < -0.39 is 30.3 Å². The van der Waals surface area contributed by atoms with E-state index in [1.807, 2.05) is 0 Å². The summed E-state index contributed by atoms with van der Waals surface area (Å²) >= 11 is 6.62. The van der Waals surface area contributed by atoms with Crippen molar-refractivity contribution in [1.82, 2.24) is 10.2 Å². The van der Waals surface area contributed by atoms with Gasteiger partial charge in [0.25, 0.3) is 0 Å². The van der Waals surface area contributed by atoms with Gasteiger partial charge in [0.1, 0.15) is 6.54 Å². The molecule has 2 aromatic rings. The smallest absolute Gasteiger partial charge is 0.313 e. The summed E-state index contributed by atoms with van der Waals surface area (Å²) in [6.07, 6.45) is -2.98. The molecule has 0 unspecified atom stereocenters. The second-order valence-electron chi connectivity index (χ2n) is 8.75. The number of alkyl halides is 3. The zero-order valence-corrected chi connectivity index (χ0v) is 18.6. The number of anilines is 2. The fourth-order valence-electron chi connectivity index (χ4n) is 4.62. The van der Waals surface area contributed by atoms with Crippen molar-refractivity contribution in [3.8, 4) is 11.1 Å². The third kappa shape index (κ3) is 3.96. The van der Waals surface area contributed by atoms with Gasteiger partial charge in [-0.1, -0.05) is 35.9 Å². The van der Waals surface area contributed by atoms with Gasteiger partial charge in [0.2, 0.25) is 5.91 Å². The Morgan fingerprint density at radius 2 is 1.74 bits per heavy atom. The van der Waals surface area contributed by atoms with E-state index in [4.69, 9.17) is 11.6 Å². The first kappa shape index (κ1) is 22.5. The largest absolute Gasteiger partial charge is 0.406 e. The minimum Gasteiger partial charge on any atom is -0.313 e. The molecule has 1 aliphatic carbocycles. The topological polar surface area (TPSA) is 73.0 Å². The lowest BCUT2D eigenvalue weighted by Crippen LogP contribution is -2.49. The summed E-state index contributed by atoms with van der Waals surface area (Å²) in [5, 5.41) is 2.59. The van der Waals surface area contributed by atoms with Crippen LogP contribution in [0.15, 0.2) is 42.5 Å². The van der Waals surface area contributed by atoms with E-state index in [2.05, 4.69) is 5.32 Å². The summed E-state index contributed by atoms with van der Waals surface area (Å²) in [7, 11) is 0. The van der Waals surface area contributed by atoms with Crippen LogP contribution in [0.5, 0.6) is 0 Å². The van der Waals surface area contributed by atoms with Crippen LogP contribution in [0.25, 0.3) is 11.1 Å². The molecule has 3 aliphatic rings. The van der Waals surface area contributed by atoms with Crippen LogP contribution in [-0.4, -0.2) is 54.2 Å². The summed E-state index contributed by atoms with van der Waals surface area (Å²) in [4.78, 5) is 40.2. The molecule has 1 N–H and O–H groups in total. The number of benzene rings is 2. The van der Waals surface area contributed by atoms with Crippen LogP contribution < -0.4 is 15.1 Å². The molecule has 1 saturated carbocycles. The van der Waals surface area contributed by atoms with E-state index in [1.54, 1.807) is 42.5 Å². The molecule has 2 aromatic carbocycles. The fourth-order valence-corrected chi connectivity index (χ4v) is 4.96. The Morgan fingerprint density at radius 1 is 1.03 bits per heavy atom. The number of nitrogens with one attached hydrogen (secondary N) is 1. The number of nitrogens with zero attached hydrogens (tertiary/aromatic N) is 3. The summed E-state index contributed by atoms with van der Waals surface area (Å²) in [6, 6.07) is 10.9. The minimum absolute atomic E-state index is 0.0569. The van der Waals surface area contributed by atoms with Gasteiger partial charge in [0, 0.05) is 30.8 Å². The van der Waals surface area contributed by atoms with Crippen molar-refractivity contribution < 1.29 is 27.6 Å². The standard InChI is InChI=1S/C23H20ClF3N4O3/c24-19-16(2-1-3-17(19)30-11-8-18(32)28-20(30)33)14-4-6-15(7-5-14)31-21(34)29(13-23(25,26)27)12-22(31)9-10-22/h1-7H,8-13H2,(H,28,32,33). The molecule has 1 spiro atoms. The fraction of sp³-hybridized carbons (Fsp3) is 0.348. The zero-order valence-electron chi connectivity index (χ0n) is 17.9. The molecule has 5 rings (SSSR count). The monoisotopic (exact) mass is 492 g/mol. The molecular formula is C23H20ClF3N4O3. The highest BCUT2D eigenvalue weighted by molar-refractivity contribution is 6.36. The first-order valence-corrected chi connectivity index (χ1v) is 11.1. The van der Waals surface area contributed by atoms with Crippen LogP contribution in [0.4, 0.5) is 34.1 Å². The van der Waals surface area contributed by atoms with Crippen molar-refractivity contribution >= 4 is 40.9 Å². The molecule has 0 aromatic heterocycles. The molecule has 7 nitrogen and oxygen atoms in total. The second-order valence-corrected chi connectivity index (χ2v) is 9.13. The third-order valence-electron chi connectivity index (χ3n) is 6.38. The lowest BCUT2D eigenvalue weighted by Gasteiger charge is -2.28. The summed E-state index contributed by atoms with van der Waals surface area (Å²) in [5.74, 6) is -0.345. The van der Waals surface area contributed by atoms with Crippen molar-refractivity contribution in [2.45, 2.75) is 31.0 Å². The molecule has 11 heteroatoms. The number of urea groups is 2. The molecule has 2 heterocycles. The van der Waals surface area contributed by atoms with Gasteiger partial charge in [-0.25, -0.2) is 9.59 Å². The van der Waals surface area contributed by atoms with Crippen molar-refractivity contribution in [2.75, 3.05) is 29.4 Å². The predicted octanol–water partition coefficient (Wildman–Crippen LogP) is 4.79. The summed E-state index contributed by atoms with van der Waals surface area (Å²) in [6.45, 7) is -0.998. The van der Waals surface area contributed by atoms with Gasteiger partial charge in [0.15, 0.2) is 0 Å². The second kappa shape index (κ2) is 7.90. The van der Waals surface area contributed by atoms with Crippen molar-refractivity contribution in [1.29, 1.82) is 0 Å². The normalized spacial score (nSPS) is 19.8. The highest BCUT2D eigenvalue weighted by Gasteiger charge is 2.59. The van der Waals surface area contributed by atoms with Crippen molar-refractivity contribution in [2.24, 2.45) is 0 Å². The van der Waals surface area contributed by atoms with Crippen LogP contribution in [0, 0.1) is 0 Å². The zero-order chi connectivity index (χ0) is 24.3. The number of hydrogen-bond acceptors (Lipinski definition) is 3. The van der Waals surface area contributed by atoms with E-state index in [9.17, 15) is 27.6 Å². The highest BCUT2D eigenvalue weighted by Crippen LogP contribution is 2.50. The first-order valence-electron chi connectivity index (χ1n) is 10.7. The van der Waals surface area contributed by atoms with Crippen LogP contribution >= 0.6 is 11.6 Å². The SMILES string of the molecule is O=C1CCN(c2cccc(-c3ccc(N4C(=O)N(CC(F)(F)F)CC45CC5)cc3)c2Cl)C(=O)N1. The van der Waals surface area contributed by atoms with E-state index in [-0.39, 0.29) is 25.4 Å². The van der Waals surface area contributed by atoms with Gasteiger partial charge in [-0.3, -0.25) is 19.9 Å². The average molecular weight is 493 g/mol. The Morgan fingerprint density at radius 3 is 2.35 bits per heavy atom. The Bertz CT molecular complexity index is 1180. The van der Waals surface area contributed by atoms with Crippen LogP contribution in [0.2, 0.25) is 5.02 Å². The molecule has 3 fully saturated rings. The van der Waals surface area contributed by atoms with Gasteiger partial charge >= 0.3 is 18.2 Å². The average Bonchev–Trinajstić information content (AvgIpc) is 3.48. The van der Waals surface area contributed by atoms with Gasteiger partial charge in [0.05, 0.1) is 16.2 Å². The van der Waals surface area contributed by atoms with Crippen LogP contribution in [0.1, 0.15) is 19.3 Å². The first-order chi connectivity index (χ1) is 16.1. The number of imide groups is 1. The maximum Gasteiger partial charge on any atom is 0.406 e. The van der Waals surface area contributed by atoms with E-state index in [0.29, 0.717) is 40.4 Å². The van der Waals surface area contributed by atoms with E-state index in [0.717, 1.165) is 4.90 Å². The van der Waals surface area contributed by atoms with Crippen LogP contribution in [-0.2, 0) is 4.79 Å². The van der Waals surface area contributed by atoms with Gasteiger partial charge < -0.3 is 4.90 Å². The molecule has 0 atom stereocenters. The Kier molecular flexibility index (Phi) is 5.23. The lowest BCUT2D eigenvalue weighted by atomic mass is 10.0. The molecule has 0 radical (unpaired) electrons. The van der Waals surface area contributed by atoms with Gasteiger partial charge in [-0.2, -0.15) is 13.2 Å². The Labute approximate surface area is 198 Å². The number of halogens is 4. The summed E-state index contributed by atoms with van der Waals surface area (Å²) in [5.41, 5.74) is 1.76. The molecule has 0 bridgehead atoms. The molecule has 178 valence electrons. The highest BCUT2D eigenvalue weighted by atomic mass is 35.5. The maximum absolute atomic E-state index is 12.9. The molecular weight excluding hydrogens is 473 g/mol. The Hall–Kier alpha value is -3.27. The number of hydrogen-bond donors (Lipinski definition) is 1. The van der Waals surface area contributed by atoms with Crippen LogP contribution in [0.3, 0.4) is 0 Å². The number of carbonyl (C=O) groups is 3. The quantitative estimate of drug-likeness (QED) is 0.667. The maximum atomic E-state index is 12.9. The van der Waals surface area contributed by atoms with E-state index >= 15 is 0 Å². The van der Waals surface area contributed by atoms with Crippen molar-refractivity contribution in [3.05, 3.63) is 47.5 Å². The molecule has 2 aliphatic heterocycles. The van der Waals surface area contributed by atoms with E-state index in [1.165, 1.54) is 9.80 Å². The molecule has 5 amide bonds. The predicted molar refractivity (Wildman–Crippen MR) is 120 cm³/mol. The van der Waals surface area contributed by atoms with Crippen molar-refractivity contribution in [3.63, 3.8) is 0 Å². The lowest BCUT2D eigenvalue weighted by molar-refractivity contribution is -0.138. The Balaban J connectivity index is 1.41. The molecule has 34 heavy (non-hydrogen) atoms. The van der Waals surface area contributed by atoms with Gasteiger partial charge in [-0.05, 0) is 36.6 Å². The number of rotatable bonds is 4. The molecule has 2 saturated heterocycles.